The number of amides is 2. The zero-order valence-corrected chi connectivity index (χ0v) is 19.5. The molecule has 2 amide bonds. The highest BCUT2D eigenvalue weighted by molar-refractivity contribution is 5.85. The van der Waals surface area contributed by atoms with Gasteiger partial charge in [0.25, 0.3) is 5.56 Å². The highest BCUT2D eigenvalue weighted by Gasteiger charge is 2.29. The van der Waals surface area contributed by atoms with Gasteiger partial charge in [-0.1, -0.05) is 26.0 Å². The third-order valence-corrected chi connectivity index (χ3v) is 6.32. The summed E-state index contributed by atoms with van der Waals surface area (Å²) in [5.41, 5.74) is -0.727. The van der Waals surface area contributed by atoms with E-state index < -0.39 is 29.2 Å². The molecule has 0 unspecified atom stereocenters. The lowest BCUT2D eigenvalue weighted by molar-refractivity contribution is -0.143. The van der Waals surface area contributed by atoms with Gasteiger partial charge in [0, 0.05) is 12.5 Å². The first kappa shape index (κ1) is 25.2. The van der Waals surface area contributed by atoms with Crippen molar-refractivity contribution >= 4 is 28.7 Å². The number of aromatic nitrogens is 2. The summed E-state index contributed by atoms with van der Waals surface area (Å²) >= 11 is 0. The molecular formula is C24H32N4O6. The molecule has 0 radical (unpaired) electrons. The number of hydrogen-bond donors (Lipinski definition) is 4. The van der Waals surface area contributed by atoms with Gasteiger partial charge in [0.1, 0.15) is 12.6 Å². The quantitative estimate of drug-likeness (QED) is 0.431. The third-order valence-electron chi connectivity index (χ3n) is 6.32. The van der Waals surface area contributed by atoms with Crippen LogP contribution in [0.25, 0.3) is 10.9 Å². The van der Waals surface area contributed by atoms with Crippen molar-refractivity contribution in [1.82, 2.24) is 20.2 Å². The first-order valence-electron chi connectivity index (χ1n) is 11.7. The minimum absolute atomic E-state index is 0.154. The van der Waals surface area contributed by atoms with Crippen molar-refractivity contribution in [3.63, 3.8) is 0 Å². The Balaban J connectivity index is 1.48. The number of rotatable bonds is 9. The number of nitrogens with one attached hydrogen (secondary N) is 3. The third kappa shape index (κ3) is 6.33. The number of carbonyl (C=O) groups is 3. The van der Waals surface area contributed by atoms with Crippen LogP contribution in [-0.2, 0) is 20.9 Å². The van der Waals surface area contributed by atoms with Crippen LogP contribution in [0.15, 0.2) is 33.9 Å². The first-order chi connectivity index (χ1) is 16.2. The molecule has 10 heteroatoms. The Labute approximate surface area is 196 Å². The molecule has 10 nitrogen and oxygen atoms in total. The van der Waals surface area contributed by atoms with Gasteiger partial charge in [-0.2, -0.15) is 0 Å². The van der Waals surface area contributed by atoms with Gasteiger partial charge in [-0.15, -0.1) is 0 Å². The number of fused-ring (bicyclic) bond motifs is 1. The fourth-order valence-electron chi connectivity index (χ4n) is 4.41. The molecule has 1 aliphatic rings. The van der Waals surface area contributed by atoms with Crippen molar-refractivity contribution in [2.75, 3.05) is 6.54 Å². The van der Waals surface area contributed by atoms with Crippen LogP contribution in [0.3, 0.4) is 0 Å². The summed E-state index contributed by atoms with van der Waals surface area (Å²) in [5, 5.41) is 15.1. The predicted molar refractivity (Wildman–Crippen MR) is 126 cm³/mol. The van der Waals surface area contributed by atoms with Gasteiger partial charge in [-0.3, -0.25) is 19.0 Å². The normalized spacial score (nSPS) is 19.0. The number of carboxylic acids is 1. The number of carboxylic acid groups (broad SMARTS) is 1. The summed E-state index contributed by atoms with van der Waals surface area (Å²) in [4.78, 5) is 63.7. The monoisotopic (exact) mass is 472 g/mol. The van der Waals surface area contributed by atoms with E-state index in [1.54, 1.807) is 24.3 Å². The molecule has 1 aromatic carbocycles. The minimum Gasteiger partial charge on any atom is -0.480 e. The molecule has 1 atom stereocenters. The maximum atomic E-state index is 12.6. The van der Waals surface area contributed by atoms with Crippen molar-refractivity contribution < 1.29 is 19.5 Å². The summed E-state index contributed by atoms with van der Waals surface area (Å²) in [6, 6.07) is 5.74. The SMILES string of the molecule is CC(C)C[C@H](NC(=O)C1CCC(CNC(=O)Cn2c(=O)[nH]c3ccccc3c2=O)CC1)C(=O)O. The molecule has 0 aliphatic heterocycles. The topological polar surface area (TPSA) is 150 Å². The van der Waals surface area contributed by atoms with E-state index in [0.29, 0.717) is 36.7 Å². The maximum absolute atomic E-state index is 12.6. The second-order valence-electron chi connectivity index (χ2n) is 9.42. The maximum Gasteiger partial charge on any atom is 0.329 e. The zero-order chi connectivity index (χ0) is 24.8. The van der Waals surface area contributed by atoms with Crippen molar-refractivity contribution in [2.45, 2.75) is 58.5 Å². The van der Waals surface area contributed by atoms with Crippen LogP contribution in [0.4, 0.5) is 0 Å². The summed E-state index contributed by atoms with van der Waals surface area (Å²) in [6.07, 6.45) is 3.05. The summed E-state index contributed by atoms with van der Waals surface area (Å²) in [7, 11) is 0. The van der Waals surface area contributed by atoms with E-state index in [-0.39, 0.29) is 30.2 Å². The Kier molecular flexibility index (Phi) is 8.25. The summed E-state index contributed by atoms with van der Waals surface area (Å²) < 4.78 is 0.884. The number of aromatic amines is 1. The van der Waals surface area contributed by atoms with Gasteiger partial charge in [0.2, 0.25) is 11.8 Å². The highest BCUT2D eigenvalue weighted by atomic mass is 16.4. The molecule has 1 aromatic heterocycles. The molecule has 1 aliphatic carbocycles. The van der Waals surface area contributed by atoms with Crippen LogP contribution in [0.2, 0.25) is 0 Å². The number of carbonyl (C=O) groups excluding carboxylic acids is 2. The largest absolute Gasteiger partial charge is 0.480 e. The Morgan fingerprint density at radius 2 is 1.79 bits per heavy atom. The van der Waals surface area contributed by atoms with Crippen LogP contribution in [0.5, 0.6) is 0 Å². The van der Waals surface area contributed by atoms with Gasteiger partial charge >= 0.3 is 11.7 Å². The van der Waals surface area contributed by atoms with Crippen LogP contribution in [0, 0.1) is 17.8 Å². The Morgan fingerprint density at radius 1 is 1.12 bits per heavy atom. The number of H-pyrrole nitrogens is 1. The molecule has 0 spiro atoms. The Hall–Kier alpha value is -3.43. The van der Waals surface area contributed by atoms with E-state index in [4.69, 9.17) is 0 Å². The lowest BCUT2D eigenvalue weighted by Gasteiger charge is -2.29. The van der Waals surface area contributed by atoms with E-state index in [9.17, 15) is 29.1 Å². The zero-order valence-electron chi connectivity index (χ0n) is 19.5. The number of nitrogens with zero attached hydrogens (tertiary/aromatic N) is 1. The average Bonchev–Trinajstić information content (AvgIpc) is 2.80. The van der Waals surface area contributed by atoms with Crippen molar-refractivity contribution in [3.8, 4) is 0 Å². The van der Waals surface area contributed by atoms with Gasteiger partial charge in [-0.05, 0) is 56.1 Å². The van der Waals surface area contributed by atoms with Crippen molar-refractivity contribution in [3.05, 3.63) is 45.1 Å². The van der Waals surface area contributed by atoms with E-state index in [0.717, 1.165) is 17.4 Å². The van der Waals surface area contributed by atoms with Crippen LogP contribution < -0.4 is 21.9 Å². The molecule has 0 bridgehead atoms. The Morgan fingerprint density at radius 3 is 2.44 bits per heavy atom. The lowest BCUT2D eigenvalue weighted by atomic mass is 9.81. The van der Waals surface area contributed by atoms with E-state index in [2.05, 4.69) is 15.6 Å². The second-order valence-corrected chi connectivity index (χ2v) is 9.42. The number of benzene rings is 1. The average molecular weight is 473 g/mol. The van der Waals surface area contributed by atoms with Crippen molar-refractivity contribution in [2.24, 2.45) is 17.8 Å². The second kappa shape index (κ2) is 11.1. The fraction of sp³-hybridized carbons (Fsp3) is 0.542. The van der Waals surface area contributed by atoms with Crippen LogP contribution >= 0.6 is 0 Å². The lowest BCUT2D eigenvalue weighted by Crippen LogP contribution is -2.45. The molecule has 1 saturated carbocycles. The first-order valence-corrected chi connectivity index (χ1v) is 11.7. The molecule has 0 saturated heterocycles. The standard InChI is InChI=1S/C24H32N4O6/c1-14(2)11-19(23(32)33)26-21(30)16-9-7-15(8-10-16)12-25-20(29)13-28-22(31)17-5-3-4-6-18(17)27-24(28)34/h3-6,14-16,19H,7-13H2,1-2H3,(H,25,29)(H,26,30)(H,27,34)(H,32,33)/t15?,16?,19-/m0/s1. The van der Waals surface area contributed by atoms with Crippen molar-refractivity contribution in [1.29, 1.82) is 0 Å². The number of hydrogen-bond acceptors (Lipinski definition) is 5. The molecule has 4 N–H and O–H groups in total. The van der Waals surface area contributed by atoms with Gasteiger partial charge < -0.3 is 20.7 Å². The molecule has 2 aromatic rings. The van der Waals surface area contributed by atoms with Crippen LogP contribution in [-0.4, -0.2) is 45.0 Å². The molecule has 1 fully saturated rings. The minimum atomic E-state index is -1.03. The summed E-state index contributed by atoms with van der Waals surface area (Å²) in [6.45, 7) is 3.84. The van der Waals surface area contributed by atoms with Gasteiger partial charge in [0.05, 0.1) is 10.9 Å². The molecule has 3 rings (SSSR count). The molecular weight excluding hydrogens is 440 g/mol. The van der Waals surface area contributed by atoms with E-state index in [1.165, 1.54) is 0 Å². The van der Waals surface area contributed by atoms with E-state index in [1.807, 2.05) is 13.8 Å². The molecule has 1 heterocycles. The van der Waals surface area contributed by atoms with Gasteiger partial charge in [-0.25, -0.2) is 9.59 Å². The highest BCUT2D eigenvalue weighted by Crippen LogP contribution is 2.28. The molecule has 34 heavy (non-hydrogen) atoms. The summed E-state index contributed by atoms with van der Waals surface area (Å²) in [5.74, 6) is -1.60. The number of para-hydroxylation sites is 1. The predicted octanol–water partition coefficient (Wildman–Crippen LogP) is 1.23. The smallest absolute Gasteiger partial charge is 0.329 e. The molecule has 184 valence electrons. The number of aliphatic carboxylic acids is 1. The van der Waals surface area contributed by atoms with Gasteiger partial charge in [0.15, 0.2) is 0 Å². The Bertz CT molecular complexity index is 1160. The fourth-order valence-corrected chi connectivity index (χ4v) is 4.41. The van der Waals surface area contributed by atoms with Crippen LogP contribution in [0.1, 0.15) is 46.0 Å². The van der Waals surface area contributed by atoms with E-state index >= 15 is 0 Å².